The molecule has 0 fully saturated rings. The third-order valence-electron chi connectivity index (χ3n) is 3.27. The maximum atomic E-state index is 12.7. The summed E-state index contributed by atoms with van der Waals surface area (Å²) >= 11 is 0. The van der Waals surface area contributed by atoms with Gasteiger partial charge in [0.05, 0.1) is 23.3 Å². The van der Waals surface area contributed by atoms with E-state index in [0.29, 0.717) is 0 Å². The van der Waals surface area contributed by atoms with E-state index in [2.05, 4.69) is 4.74 Å². The minimum absolute atomic E-state index is 0.0350. The molecule has 11 heteroatoms. The second kappa shape index (κ2) is 9.25. The maximum absolute atomic E-state index is 12.7. The number of methoxy groups -OCH3 is 1. The van der Waals surface area contributed by atoms with Gasteiger partial charge in [0, 0.05) is 19.7 Å². The van der Waals surface area contributed by atoms with Crippen LogP contribution in [0.2, 0.25) is 0 Å². The highest BCUT2D eigenvalue weighted by molar-refractivity contribution is 7.89. The molecule has 142 valence electrons. The van der Waals surface area contributed by atoms with Gasteiger partial charge in [-0.2, -0.15) is 12.7 Å². The number of carbonyl (C=O) groups is 1. The van der Waals surface area contributed by atoms with E-state index in [-0.39, 0.29) is 43.0 Å². The molecule has 0 aromatic heterocycles. The molecular formula is C14H21NO8S2. The Bertz CT molecular complexity index is 789. The van der Waals surface area contributed by atoms with E-state index in [1.54, 1.807) is 0 Å². The van der Waals surface area contributed by atoms with Crippen molar-refractivity contribution in [3.8, 4) is 0 Å². The fraction of sp³-hybridized carbons (Fsp3) is 0.500. The average Bonchev–Trinajstić information content (AvgIpc) is 2.56. The summed E-state index contributed by atoms with van der Waals surface area (Å²) in [6.45, 7) is -0.441. The highest BCUT2D eigenvalue weighted by Crippen LogP contribution is 2.18. The lowest BCUT2D eigenvalue weighted by Gasteiger charge is -2.22. The van der Waals surface area contributed by atoms with E-state index < -0.39 is 31.9 Å². The summed E-state index contributed by atoms with van der Waals surface area (Å²) in [5.41, 5.74) is 0.0589. The van der Waals surface area contributed by atoms with Crippen LogP contribution in [0.25, 0.3) is 0 Å². The van der Waals surface area contributed by atoms with Crippen LogP contribution < -0.4 is 0 Å². The van der Waals surface area contributed by atoms with Crippen molar-refractivity contribution in [1.29, 1.82) is 0 Å². The summed E-state index contributed by atoms with van der Waals surface area (Å²) in [4.78, 5) is 11.4. The zero-order valence-electron chi connectivity index (χ0n) is 13.7. The van der Waals surface area contributed by atoms with Crippen LogP contribution in [-0.2, 0) is 24.9 Å². The summed E-state index contributed by atoms with van der Waals surface area (Å²) in [6, 6.07) is 5.26. The van der Waals surface area contributed by atoms with E-state index in [0.717, 1.165) is 10.4 Å². The number of esters is 1. The predicted molar refractivity (Wildman–Crippen MR) is 89.3 cm³/mol. The minimum Gasteiger partial charge on any atom is -0.465 e. The summed E-state index contributed by atoms with van der Waals surface area (Å²) in [7, 11) is -7.05. The Morgan fingerprint density at radius 2 is 1.80 bits per heavy atom. The van der Waals surface area contributed by atoms with Gasteiger partial charge >= 0.3 is 5.97 Å². The lowest BCUT2D eigenvalue weighted by Crippen LogP contribution is -2.34. The molecule has 0 heterocycles. The van der Waals surface area contributed by atoms with Crippen molar-refractivity contribution < 1.29 is 36.0 Å². The summed E-state index contributed by atoms with van der Waals surface area (Å²) < 4.78 is 61.4. The van der Waals surface area contributed by atoms with Gasteiger partial charge in [-0.3, -0.25) is 4.55 Å². The van der Waals surface area contributed by atoms with Crippen LogP contribution >= 0.6 is 0 Å². The molecule has 2 N–H and O–H groups in total. The van der Waals surface area contributed by atoms with Crippen LogP contribution in [0.5, 0.6) is 0 Å². The number of hydrogen-bond donors (Lipinski definition) is 2. The molecule has 0 saturated carbocycles. The number of aliphatic hydroxyl groups is 1. The first-order chi connectivity index (χ1) is 11.6. The molecule has 0 radical (unpaired) electrons. The molecular weight excluding hydrogens is 374 g/mol. The van der Waals surface area contributed by atoms with Gasteiger partial charge < -0.3 is 9.84 Å². The van der Waals surface area contributed by atoms with Crippen molar-refractivity contribution >= 4 is 26.1 Å². The van der Waals surface area contributed by atoms with Crippen molar-refractivity contribution in [2.45, 2.75) is 17.7 Å². The zero-order valence-corrected chi connectivity index (χ0v) is 15.3. The Morgan fingerprint density at radius 1 is 1.16 bits per heavy atom. The van der Waals surface area contributed by atoms with Crippen molar-refractivity contribution in [2.75, 3.05) is 32.6 Å². The fourth-order valence-corrected chi connectivity index (χ4v) is 4.13. The number of carbonyl (C=O) groups excluding carboxylic acids is 1. The standard InChI is InChI=1S/C14H21NO8S2/c1-23-14(17)12-5-2-6-13(11-12)25(21,22)15(7-3-9-16)8-4-10-24(18,19)20/h2,5-6,11,16H,3-4,7-10H2,1H3,(H,18,19,20). The summed E-state index contributed by atoms with van der Waals surface area (Å²) in [6.07, 6.45) is 0.0436. The lowest BCUT2D eigenvalue weighted by molar-refractivity contribution is 0.0600. The van der Waals surface area contributed by atoms with E-state index in [1.807, 2.05) is 0 Å². The van der Waals surface area contributed by atoms with Gasteiger partial charge in [0.15, 0.2) is 0 Å². The Hall–Kier alpha value is -1.53. The van der Waals surface area contributed by atoms with E-state index in [4.69, 9.17) is 9.66 Å². The highest BCUT2D eigenvalue weighted by atomic mass is 32.2. The monoisotopic (exact) mass is 395 g/mol. The molecule has 0 amide bonds. The number of ether oxygens (including phenoxy) is 1. The van der Waals surface area contributed by atoms with Crippen molar-refractivity contribution in [3.63, 3.8) is 0 Å². The van der Waals surface area contributed by atoms with Gasteiger partial charge in [-0.1, -0.05) is 6.07 Å². The number of rotatable bonds is 10. The molecule has 1 rings (SSSR count). The predicted octanol–water partition coefficient (Wildman–Crippen LogP) is 0.124. The van der Waals surface area contributed by atoms with Crippen LogP contribution in [0.4, 0.5) is 0 Å². The minimum atomic E-state index is -4.20. The largest absolute Gasteiger partial charge is 0.465 e. The van der Waals surface area contributed by atoms with Crippen LogP contribution in [0.3, 0.4) is 0 Å². The quantitative estimate of drug-likeness (QED) is 0.421. The van der Waals surface area contributed by atoms with Gasteiger partial charge in [0.2, 0.25) is 10.0 Å². The second-order valence-electron chi connectivity index (χ2n) is 5.14. The number of benzene rings is 1. The first kappa shape index (κ1) is 21.5. The second-order valence-corrected chi connectivity index (χ2v) is 8.65. The molecule has 0 aliphatic carbocycles. The number of nitrogens with zero attached hydrogens (tertiary/aromatic N) is 1. The Morgan fingerprint density at radius 3 is 2.36 bits per heavy atom. The number of sulfonamides is 1. The molecule has 0 bridgehead atoms. The molecule has 0 atom stereocenters. The molecule has 1 aromatic carbocycles. The lowest BCUT2D eigenvalue weighted by atomic mass is 10.2. The first-order valence-corrected chi connectivity index (χ1v) is 10.4. The SMILES string of the molecule is COC(=O)c1cccc(S(=O)(=O)N(CCCO)CCCS(=O)(=O)O)c1. The van der Waals surface area contributed by atoms with Crippen LogP contribution in [0.1, 0.15) is 23.2 Å². The zero-order chi connectivity index (χ0) is 19.1. The Labute approximate surface area is 147 Å². The van der Waals surface area contributed by atoms with Gasteiger partial charge in [0.25, 0.3) is 10.1 Å². The Balaban J connectivity index is 3.07. The molecule has 1 aromatic rings. The normalized spacial score (nSPS) is 12.3. The van der Waals surface area contributed by atoms with Crippen molar-refractivity contribution in [1.82, 2.24) is 4.31 Å². The molecule has 0 saturated heterocycles. The van der Waals surface area contributed by atoms with Gasteiger partial charge in [0.1, 0.15) is 0 Å². The van der Waals surface area contributed by atoms with Crippen molar-refractivity contribution in [3.05, 3.63) is 29.8 Å². The maximum Gasteiger partial charge on any atom is 0.337 e. The first-order valence-electron chi connectivity index (χ1n) is 7.36. The third kappa shape index (κ3) is 6.71. The van der Waals surface area contributed by atoms with Crippen LogP contribution in [-0.4, -0.2) is 69.3 Å². The van der Waals surface area contributed by atoms with E-state index >= 15 is 0 Å². The van der Waals surface area contributed by atoms with E-state index in [9.17, 15) is 21.6 Å². The number of aliphatic hydroxyl groups excluding tert-OH is 1. The third-order valence-corrected chi connectivity index (χ3v) is 5.97. The molecule has 25 heavy (non-hydrogen) atoms. The summed E-state index contributed by atoms with van der Waals surface area (Å²) in [5, 5.41) is 8.94. The molecule has 9 nitrogen and oxygen atoms in total. The van der Waals surface area contributed by atoms with Gasteiger partial charge in [-0.25, -0.2) is 13.2 Å². The Kier molecular flexibility index (Phi) is 7.96. The molecule has 0 unspecified atom stereocenters. The molecule has 0 aliphatic heterocycles. The topological polar surface area (TPSA) is 138 Å². The number of hydrogen-bond acceptors (Lipinski definition) is 7. The average molecular weight is 395 g/mol. The van der Waals surface area contributed by atoms with Crippen molar-refractivity contribution in [2.24, 2.45) is 0 Å². The van der Waals surface area contributed by atoms with E-state index in [1.165, 1.54) is 25.3 Å². The van der Waals surface area contributed by atoms with Crippen LogP contribution in [0.15, 0.2) is 29.2 Å². The van der Waals surface area contributed by atoms with Crippen LogP contribution in [0, 0.1) is 0 Å². The van der Waals surface area contributed by atoms with Gasteiger partial charge in [-0.15, -0.1) is 0 Å². The molecule has 0 aliphatic rings. The molecule has 0 spiro atoms. The summed E-state index contributed by atoms with van der Waals surface area (Å²) in [5.74, 6) is -1.27. The fourth-order valence-electron chi connectivity index (χ4n) is 2.07. The smallest absolute Gasteiger partial charge is 0.337 e. The van der Waals surface area contributed by atoms with Gasteiger partial charge in [-0.05, 0) is 31.0 Å². The highest BCUT2D eigenvalue weighted by Gasteiger charge is 2.25.